The van der Waals surface area contributed by atoms with Crippen LogP contribution < -0.4 is 4.90 Å². The van der Waals surface area contributed by atoms with Gasteiger partial charge in [0.05, 0.1) is 11.4 Å². The average Bonchev–Trinajstić information content (AvgIpc) is 3.67. The van der Waals surface area contributed by atoms with Crippen LogP contribution in [-0.2, 0) is 0 Å². The van der Waals surface area contributed by atoms with Gasteiger partial charge in [-0.1, -0.05) is 176 Å². The van der Waals surface area contributed by atoms with Gasteiger partial charge in [-0.25, -0.2) is 0 Å². The predicted molar refractivity (Wildman–Crippen MR) is 237 cm³/mol. The molecular formula is C54H35NO. The van der Waals surface area contributed by atoms with Gasteiger partial charge in [0.2, 0.25) is 0 Å². The van der Waals surface area contributed by atoms with E-state index in [2.05, 4.69) is 217 Å². The number of furan rings is 1. The maximum atomic E-state index is 6.67. The predicted octanol–water partition coefficient (Wildman–Crippen LogP) is 15.5. The number of para-hydroxylation sites is 2. The maximum absolute atomic E-state index is 6.67. The van der Waals surface area contributed by atoms with Gasteiger partial charge in [-0.15, -0.1) is 0 Å². The Labute approximate surface area is 325 Å². The fraction of sp³-hybridized carbons (Fsp3) is 0. The van der Waals surface area contributed by atoms with Gasteiger partial charge in [-0.05, 0) is 85.6 Å². The Kier molecular flexibility index (Phi) is 7.53. The highest BCUT2D eigenvalue weighted by atomic mass is 16.3. The molecule has 0 radical (unpaired) electrons. The molecule has 0 aliphatic heterocycles. The summed E-state index contributed by atoms with van der Waals surface area (Å²) < 4.78 is 6.67. The highest BCUT2D eigenvalue weighted by Gasteiger charge is 2.23. The lowest BCUT2D eigenvalue weighted by Crippen LogP contribution is -2.12. The molecule has 1 heterocycles. The smallest absolute Gasteiger partial charge is 0.143 e. The van der Waals surface area contributed by atoms with Crippen LogP contribution >= 0.6 is 0 Å². The van der Waals surface area contributed by atoms with Crippen LogP contribution in [0.25, 0.3) is 87.6 Å². The lowest BCUT2D eigenvalue weighted by atomic mass is 9.94. The zero-order valence-electron chi connectivity index (χ0n) is 30.6. The largest absolute Gasteiger partial charge is 0.455 e. The lowest BCUT2D eigenvalue weighted by molar-refractivity contribution is 0.673. The second-order valence-electron chi connectivity index (χ2n) is 14.4. The van der Waals surface area contributed by atoms with Crippen molar-refractivity contribution < 1.29 is 4.42 Å². The third kappa shape index (κ3) is 5.19. The van der Waals surface area contributed by atoms with E-state index in [0.717, 1.165) is 61.1 Å². The van der Waals surface area contributed by atoms with Crippen molar-refractivity contribution in [2.24, 2.45) is 0 Å². The normalized spacial score (nSPS) is 11.6. The molecular weight excluding hydrogens is 679 g/mol. The first-order chi connectivity index (χ1) is 27.8. The molecule has 11 rings (SSSR count). The Hall–Kier alpha value is -7.42. The van der Waals surface area contributed by atoms with E-state index in [1.807, 2.05) is 0 Å². The first-order valence-corrected chi connectivity index (χ1v) is 19.2. The summed E-state index contributed by atoms with van der Waals surface area (Å²) in [5.41, 5.74) is 12.1. The molecule has 262 valence electrons. The monoisotopic (exact) mass is 713 g/mol. The fourth-order valence-corrected chi connectivity index (χ4v) is 8.70. The van der Waals surface area contributed by atoms with E-state index in [1.165, 1.54) is 43.6 Å². The summed E-state index contributed by atoms with van der Waals surface area (Å²) in [5.74, 6) is 0. The molecule has 0 atom stereocenters. The molecule has 0 fully saturated rings. The fourth-order valence-electron chi connectivity index (χ4n) is 8.70. The van der Waals surface area contributed by atoms with E-state index in [4.69, 9.17) is 4.42 Å². The van der Waals surface area contributed by atoms with E-state index in [1.54, 1.807) is 0 Å². The summed E-state index contributed by atoms with van der Waals surface area (Å²) in [6, 6.07) is 76.4. The Balaban J connectivity index is 1.12. The quantitative estimate of drug-likeness (QED) is 0.160. The molecule has 2 heteroatoms. The molecule has 0 aliphatic rings. The number of hydrogen-bond acceptors (Lipinski definition) is 2. The number of nitrogens with zero attached hydrogens (tertiary/aromatic N) is 1. The highest BCUT2D eigenvalue weighted by molar-refractivity contribution is 6.20. The van der Waals surface area contributed by atoms with Gasteiger partial charge < -0.3 is 9.32 Å². The molecule has 0 aliphatic carbocycles. The van der Waals surface area contributed by atoms with Crippen molar-refractivity contribution >= 4 is 71.3 Å². The first-order valence-electron chi connectivity index (χ1n) is 19.2. The summed E-state index contributed by atoms with van der Waals surface area (Å²) in [7, 11) is 0. The molecule has 0 bridgehead atoms. The van der Waals surface area contributed by atoms with Crippen molar-refractivity contribution in [2.75, 3.05) is 4.90 Å². The van der Waals surface area contributed by atoms with Gasteiger partial charge in [0, 0.05) is 33.0 Å². The van der Waals surface area contributed by atoms with E-state index < -0.39 is 0 Å². The molecule has 0 amide bonds. The molecule has 10 aromatic carbocycles. The zero-order chi connectivity index (χ0) is 37.0. The Morgan fingerprint density at radius 3 is 1.66 bits per heavy atom. The third-order valence-corrected chi connectivity index (χ3v) is 11.3. The molecule has 0 N–H and O–H groups in total. The number of hydrogen-bond donors (Lipinski definition) is 0. The van der Waals surface area contributed by atoms with Gasteiger partial charge in [0.1, 0.15) is 11.2 Å². The highest BCUT2D eigenvalue weighted by Crippen LogP contribution is 2.48. The van der Waals surface area contributed by atoms with Gasteiger partial charge in [0.15, 0.2) is 0 Å². The molecule has 1 aromatic heterocycles. The van der Waals surface area contributed by atoms with E-state index in [-0.39, 0.29) is 0 Å². The Bertz CT molecular complexity index is 3250. The molecule has 56 heavy (non-hydrogen) atoms. The molecule has 0 saturated heterocycles. The van der Waals surface area contributed by atoms with Crippen LogP contribution in [-0.4, -0.2) is 0 Å². The van der Waals surface area contributed by atoms with Gasteiger partial charge in [-0.2, -0.15) is 0 Å². The number of fused-ring (bicyclic) bond motifs is 8. The molecule has 11 aromatic rings. The number of anilines is 3. The molecule has 2 nitrogen and oxygen atoms in total. The van der Waals surface area contributed by atoms with Crippen LogP contribution in [0.1, 0.15) is 0 Å². The van der Waals surface area contributed by atoms with Crippen LogP contribution in [0.15, 0.2) is 217 Å². The van der Waals surface area contributed by atoms with Crippen molar-refractivity contribution in [3.8, 4) is 33.4 Å². The maximum Gasteiger partial charge on any atom is 0.143 e. The molecule has 0 saturated carbocycles. The van der Waals surface area contributed by atoms with Gasteiger partial charge >= 0.3 is 0 Å². The van der Waals surface area contributed by atoms with Crippen LogP contribution in [0, 0.1) is 0 Å². The molecule has 0 unspecified atom stereocenters. The van der Waals surface area contributed by atoms with Crippen LogP contribution in [0.5, 0.6) is 0 Å². The van der Waals surface area contributed by atoms with Crippen LogP contribution in [0.2, 0.25) is 0 Å². The second-order valence-corrected chi connectivity index (χ2v) is 14.4. The summed E-state index contributed by atoms with van der Waals surface area (Å²) >= 11 is 0. The van der Waals surface area contributed by atoms with Crippen molar-refractivity contribution in [2.45, 2.75) is 0 Å². The topological polar surface area (TPSA) is 16.4 Å². The van der Waals surface area contributed by atoms with Crippen molar-refractivity contribution in [1.29, 1.82) is 0 Å². The Morgan fingerprint density at radius 2 is 0.857 bits per heavy atom. The summed E-state index contributed by atoms with van der Waals surface area (Å²) in [4.78, 5) is 2.43. The lowest BCUT2D eigenvalue weighted by Gasteiger charge is -2.30. The summed E-state index contributed by atoms with van der Waals surface area (Å²) in [5, 5.41) is 9.59. The van der Waals surface area contributed by atoms with Gasteiger partial charge in [-0.3, -0.25) is 0 Å². The minimum absolute atomic E-state index is 0.882. The zero-order valence-corrected chi connectivity index (χ0v) is 30.6. The number of benzene rings is 10. The first kappa shape index (κ1) is 32.0. The van der Waals surface area contributed by atoms with Gasteiger partial charge in [0.25, 0.3) is 0 Å². The van der Waals surface area contributed by atoms with Crippen molar-refractivity contribution in [3.63, 3.8) is 0 Å². The summed E-state index contributed by atoms with van der Waals surface area (Å²) in [6.45, 7) is 0. The summed E-state index contributed by atoms with van der Waals surface area (Å²) in [6.07, 6.45) is 0. The van der Waals surface area contributed by atoms with Crippen molar-refractivity contribution in [3.05, 3.63) is 212 Å². The van der Waals surface area contributed by atoms with E-state index >= 15 is 0 Å². The average molecular weight is 714 g/mol. The Morgan fingerprint density at radius 1 is 0.304 bits per heavy atom. The standard InChI is InChI=1S/C54H35NO/c1-2-14-36(15-3-1)43-19-8-10-25-50(43)55(40-32-28-39(29-33-40)42-22-12-23-45-41-18-6-4-16-37(41)30-34-46(42)45)51-26-11-9-21-47(51)48-24-13-27-52-53(48)49-35-31-38-17-5-7-20-44(38)54(49)56-52/h1-35H. The van der Waals surface area contributed by atoms with Crippen molar-refractivity contribution in [1.82, 2.24) is 0 Å². The number of rotatable bonds is 6. The van der Waals surface area contributed by atoms with E-state index in [0.29, 0.717) is 0 Å². The third-order valence-electron chi connectivity index (χ3n) is 11.3. The minimum Gasteiger partial charge on any atom is -0.455 e. The minimum atomic E-state index is 0.882. The molecule has 0 spiro atoms. The second kappa shape index (κ2) is 13.2. The SMILES string of the molecule is c1ccc(-c2ccccc2N(c2ccc(-c3cccc4c3ccc3ccccc34)cc2)c2ccccc2-c2cccc3oc4c5ccccc5ccc4c23)cc1. The van der Waals surface area contributed by atoms with E-state index in [9.17, 15) is 0 Å². The van der Waals surface area contributed by atoms with Crippen LogP contribution in [0.4, 0.5) is 17.1 Å². The van der Waals surface area contributed by atoms with Crippen LogP contribution in [0.3, 0.4) is 0 Å².